The fraction of sp³-hybridized carbons (Fsp3) is 0.667. The first-order valence-corrected chi connectivity index (χ1v) is 19.3. The third-order valence-electron chi connectivity index (χ3n) is 9.49. The van der Waals surface area contributed by atoms with Crippen LogP contribution in [0, 0.1) is 0 Å². The predicted molar refractivity (Wildman–Crippen MR) is 214 cm³/mol. The van der Waals surface area contributed by atoms with Crippen LogP contribution < -0.4 is 15.9 Å². The van der Waals surface area contributed by atoms with E-state index in [4.69, 9.17) is 20.1 Å². The van der Waals surface area contributed by atoms with Gasteiger partial charge in [0, 0.05) is 30.9 Å². The Hall–Kier alpha value is -3.34. The van der Waals surface area contributed by atoms with Crippen molar-refractivity contribution in [2.24, 2.45) is 15.9 Å². The highest BCUT2D eigenvalue weighted by atomic mass is 16.5. The van der Waals surface area contributed by atoms with Gasteiger partial charge in [-0.1, -0.05) is 37.1 Å². The van der Waals surface area contributed by atoms with E-state index < -0.39 is 0 Å². The number of nitrogens with one attached hydrogen (secondary N) is 1. The molecule has 3 N–H and O–H groups in total. The van der Waals surface area contributed by atoms with Gasteiger partial charge in [-0.2, -0.15) is 5.10 Å². The monoisotopic (exact) mass is 724 g/mol. The molecule has 0 radical (unpaired) electrons. The molecule has 1 aromatic rings. The third-order valence-corrected chi connectivity index (χ3v) is 9.49. The Kier molecular flexibility index (Phi) is 19.0. The van der Waals surface area contributed by atoms with Crippen molar-refractivity contribution in [2.75, 3.05) is 19.7 Å². The Morgan fingerprint density at radius 1 is 1.04 bits per heavy atom. The van der Waals surface area contributed by atoms with Crippen LogP contribution in [-0.4, -0.2) is 71.7 Å². The van der Waals surface area contributed by atoms with Gasteiger partial charge in [0.15, 0.2) is 0 Å². The Labute approximate surface area is 314 Å². The van der Waals surface area contributed by atoms with Crippen LogP contribution in [0.4, 0.5) is 0 Å². The highest BCUT2D eigenvalue weighted by Crippen LogP contribution is 2.36. The van der Waals surface area contributed by atoms with Crippen molar-refractivity contribution < 1.29 is 23.8 Å². The lowest BCUT2D eigenvalue weighted by molar-refractivity contribution is -0.134. The van der Waals surface area contributed by atoms with E-state index in [2.05, 4.69) is 54.9 Å². The predicted octanol–water partition coefficient (Wildman–Crippen LogP) is 8.61. The molecule has 2 unspecified atom stereocenters. The molecular weight excluding hydrogens is 654 g/mol. The van der Waals surface area contributed by atoms with E-state index in [9.17, 15) is 9.59 Å². The molecule has 1 amide bonds. The fourth-order valence-electron chi connectivity index (χ4n) is 6.49. The number of benzene rings is 1. The summed E-state index contributed by atoms with van der Waals surface area (Å²) in [5.74, 6) is 5.77. The minimum absolute atomic E-state index is 0.0510. The Morgan fingerprint density at radius 2 is 1.73 bits per heavy atom. The second-order valence-electron chi connectivity index (χ2n) is 15.6. The molecule has 0 bridgehead atoms. The Balaban J connectivity index is 1.93. The van der Waals surface area contributed by atoms with Crippen LogP contribution in [0.1, 0.15) is 146 Å². The molecular formula is C42H69N5O5. The number of ether oxygens (including phenoxy) is 3. The van der Waals surface area contributed by atoms with Crippen molar-refractivity contribution in [3.63, 3.8) is 0 Å². The first-order chi connectivity index (χ1) is 24.5. The molecule has 1 fully saturated rings. The van der Waals surface area contributed by atoms with Crippen molar-refractivity contribution in [2.45, 2.75) is 163 Å². The average molecular weight is 724 g/mol. The van der Waals surface area contributed by atoms with Crippen LogP contribution >= 0.6 is 0 Å². The molecule has 2 rings (SSSR count). The molecule has 0 aliphatic carbocycles. The number of unbranched alkanes of at least 4 members (excludes halogenated alkanes) is 1. The normalized spacial score (nSPS) is 17.8. The number of carbonyl (C=O) groups is 2. The van der Waals surface area contributed by atoms with E-state index in [1.165, 1.54) is 0 Å². The van der Waals surface area contributed by atoms with E-state index in [1.807, 2.05) is 71.9 Å². The number of esters is 1. The summed E-state index contributed by atoms with van der Waals surface area (Å²) >= 11 is 0. The Bertz CT molecular complexity index is 1390. The number of aliphatic imine (C=N–C) groups is 1. The highest BCUT2D eigenvalue weighted by molar-refractivity contribution is 6.30. The maximum absolute atomic E-state index is 13.7. The molecule has 0 aromatic heterocycles. The number of hydrogen-bond donors (Lipinski definition) is 2. The molecule has 1 aliphatic heterocycles. The smallest absolute Gasteiger partial charge is 0.311 e. The molecule has 10 nitrogen and oxygen atoms in total. The number of carbonyl (C=O) groups excluding carboxylic acids is 2. The van der Waals surface area contributed by atoms with E-state index in [-0.39, 0.29) is 47.7 Å². The van der Waals surface area contributed by atoms with Gasteiger partial charge in [0.25, 0.3) is 0 Å². The van der Waals surface area contributed by atoms with Crippen LogP contribution in [0.2, 0.25) is 0 Å². The van der Waals surface area contributed by atoms with E-state index in [0.29, 0.717) is 31.0 Å². The van der Waals surface area contributed by atoms with E-state index in [1.54, 1.807) is 6.21 Å². The summed E-state index contributed by atoms with van der Waals surface area (Å²) in [6.07, 6.45) is 10.6. The lowest BCUT2D eigenvalue weighted by Crippen LogP contribution is -2.50. The summed E-state index contributed by atoms with van der Waals surface area (Å²) in [5.41, 5.74) is 4.12. The van der Waals surface area contributed by atoms with Crippen LogP contribution in [0.3, 0.4) is 0 Å². The van der Waals surface area contributed by atoms with Gasteiger partial charge in [0.1, 0.15) is 5.75 Å². The first-order valence-electron chi connectivity index (χ1n) is 19.3. The minimum atomic E-state index is -0.369. The van der Waals surface area contributed by atoms with Crippen molar-refractivity contribution in [1.29, 1.82) is 0 Å². The maximum Gasteiger partial charge on any atom is 0.311 e. The summed E-state index contributed by atoms with van der Waals surface area (Å²) in [6, 6.07) is 7.61. The van der Waals surface area contributed by atoms with Crippen molar-refractivity contribution >= 4 is 23.8 Å². The lowest BCUT2D eigenvalue weighted by atomic mass is 9.89. The van der Waals surface area contributed by atoms with Crippen LogP contribution in [-0.2, 0) is 19.1 Å². The fourth-order valence-corrected chi connectivity index (χ4v) is 6.49. The number of allylic oxidation sites excluding steroid dienone is 3. The van der Waals surface area contributed by atoms with E-state index in [0.717, 1.165) is 73.9 Å². The molecule has 2 atom stereocenters. The molecule has 292 valence electrons. The number of piperidine rings is 1. The second-order valence-corrected chi connectivity index (χ2v) is 15.6. The quantitative estimate of drug-likeness (QED) is 0.0325. The summed E-state index contributed by atoms with van der Waals surface area (Å²) in [5, 5.41) is 7.07. The topological polar surface area (TPSA) is 128 Å². The van der Waals surface area contributed by atoms with Crippen LogP contribution in [0.5, 0.6) is 5.75 Å². The van der Waals surface area contributed by atoms with Gasteiger partial charge in [-0.15, -0.1) is 0 Å². The number of hydrogen-bond acceptors (Lipinski definition) is 9. The first kappa shape index (κ1) is 44.8. The van der Waals surface area contributed by atoms with Gasteiger partial charge in [-0.25, -0.2) is 0 Å². The van der Waals surface area contributed by atoms with Crippen molar-refractivity contribution in [3.05, 3.63) is 52.7 Å². The van der Waals surface area contributed by atoms with Gasteiger partial charge in [0.05, 0.1) is 42.1 Å². The molecule has 1 heterocycles. The molecule has 0 spiro atoms. The zero-order chi connectivity index (χ0) is 38.9. The SMILES string of the molecule is C/C=C(/C)C(NC(=O)C1CCCC(c2ccc(OC(=O)CCC(C=NCCC(C)(C)OCCC(C)(C)OC(C)C)=NN)cc2)N1CCCC)=C(C)C. The summed E-state index contributed by atoms with van der Waals surface area (Å²) in [4.78, 5) is 33.3. The average Bonchev–Trinajstić information content (AvgIpc) is 3.08. The highest BCUT2D eigenvalue weighted by Gasteiger charge is 2.36. The number of hydrazone groups is 1. The zero-order valence-corrected chi connectivity index (χ0v) is 34.1. The van der Waals surface area contributed by atoms with Crippen LogP contribution in [0.25, 0.3) is 0 Å². The molecule has 52 heavy (non-hydrogen) atoms. The van der Waals surface area contributed by atoms with Gasteiger partial charge in [0.2, 0.25) is 5.91 Å². The number of nitrogens with zero attached hydrogens (tertiary/aromatic N) is 3. The standard InChI is InChI=1S/C42H69N5O5/c1-12-14-27-47-36(16-15-17-37(47)40(49)45-39(30(3)4)32(7)13-2)33-18-21-35(22-19-33)51-38(48)23-20-34(46-43)29-44-26-24-41(8,9)50-28-25-42(10,11)52-31(5)6/h13,18-19,21-22,29,31,36-37H,12,14-17,20,23-28,43H2,1-11H3,(H,45,49)/b32-13-,44-29?,46-34?. The molecule has 10 heteroatoms. The summed E-state index contributed by atoms with van der Waals surface area (Å²) in [6.45, 7) is 24.6. The molecule has 1 saturated heterocycles. The molecule has 0 saturated carbocycles. The number of rotatable bonds is 21. The largest absolute Gasteiger partial charge is 0.427 e. The van der Waals surface area contributed by atoms with Gasteiger partial charge >= 0.3 is 5.97 Å². The number of likely N-dealkylation sites (tertiary alicyclic amines) is 1. The van der Waals surface area contributed by atoms with Gasteiger partial charge in [-0.3, -0.25) is 19.5 Å². The van der Waals surface area contributed by atoms with Gasteiger partial charge in [-0.05, 0) is 138 Å². The van der Waals surface area contributed by atoms with Gasteiger partial charge < -0.3 is 25.4 Å². The number of nitrogens with two attached hydrogens (primary N) is 1. The van der Waals surface area contributed by atoms with E-state index >= 15 is 0 Å². The zero-order valence-electron chi connectivity index (χ0n) is 34.1. The Morgan fingerprint density at radius 3 is 2.33 bits per heavy atom. The summed E-state index contributed by atoms with van der Waals surface area (Å²) < 4.78 is 17.8. The van der Waals surface area contributed by atoms with Crippen LogP contribution in [0.15, 0.2) is 57.3 Å². The minimum Gasteiger partial charge on any atom is -0.427 e. The third kappa shape index (κ3) is 15.7. The number of amides is 1. The second kappa shape index (κ2) is 22.0. The summed E-state index contributed by atoms with van der Waals surface area (Å²) in [7, 11) is 0. The maximum atomic E-state index is 13.7. The lowest BCUT2D eigenvalue weighted by Gasteiger charge is -2.42. The molecule has 1 aliphatic rings. The van der Waals surface area contributed by atoms with Crippen molar-refractivity contribution in [3.8, 4) is 5.75 Å². The molecule has 1 aromatic carbocycles. The van der Waals surface area contributed by atoms with Crippen molar-refractivity contribution in [1.82, 2.24) is 10.2 Å².